The first-order valence-corrected chi connectivity index (χ1v) is 7.42. The molecule has 0 aromatic carbocycles. The fraction of sp³-hybridized carbons (Fsp3) is 0.600. The largest absolute Gasteiger partial charge is 0.394 e. The lowest BCUT2D eigenvalue weighted by molar-refractivity contribution is 0.0908. The predicted molar refractivity (Wildman–Crippen MR) is 81.0 cm³/mol. The van der Waals surface area contributed by atoms with Gasteiger partial charge in [0, 0.05) is 11.3 Å². The maximum absolute atomic E-state index is 12.2. The van der Waals surface area contributed by atoms with Gasteiger partial charge in [-0.3, -0.25) is 4.79 Å². The maximum Gasteiger partial charge on any atom is 0.251 e. The summed E-state index contributed by atoms with van der Waals surface area (Å²) in [6.45, 7) is 6.09. The molecule has 0 saturated heterocycles. The van der Waals surface area contributed by atoms with Gasteiger partial charge in [-0.1, -0.05) is 38.8 Å². The van der Waals surface area contributed by atoms with Crippen molar-refractivity contribution in [3.63, 3.8) is 0 Å². The standard InChI is InChI=1S/C15H23ClN2O2/c1-4-5-12-7-11(8-14(16)17-12)15(20)18-13(9-19)6-10(2)3/h7-8,10,13,19H,4-6,9H2,1-3H3,(H,18,20). The summed E-state index contributed by atoms with van der Waals surface area (Å²) in [5.74, 6) is 0.190. The third-order valence-electron chi connectivity index (χ3n) is 2.93. The zero-order valence-corrected chi connectivity index (χ0v) is 13.1. The lowest BCUT2D eigenvalue weighted by Crippen LogP contribution is -2.38. The number of aliphatic hydroxyl groups is 1. The summed E-state index contributed by atoms with van der Waals surface area (Å²) in [6, 6.07) is 3.08. The summed E-state index contributed by atoms with van der Waals surface area (Å²) in [4.78, 5) is 16.4. The molecule has 0 spiro atoms. The quantitative estimate of drug-likeness (QED) is 0.761. The van der Waals surface area contributed by atoms with E-state index in [1.165, 1.54) is 0 Å². The first kappa shape index (κ1) is 16.9. The highest BCUT2D eigenvalue weighted by Gasteiger charge is 2.15. The van der Waals surface area contributed by atoms with Crippen LogP contribution in [0.15, 0.2) is 12.1 Å². The molecule has 1 aromatic heterocycles. The molecule has 1 amide bonds. The van der Waals surface area contributed by atoms with Gasteiger partial charge in [0.1, 0.15) is 5.15 Å². The molecule has 5 heteroatoms. The molecule has 0 aliphatic heterocycles. The van der Waals surface area contributed by atoms with E-state index in [0.29, 0.717) is 16.6 Å². The van der Waals surface area contributed by atoms with Crippen LogP contribution in [-0.4, -0.2) is 28.6 Å². The zero-order chi connectivity index (χ0) is 15.1. The second-order valence-electron chi connectivity index (χ2n) is 5.40. The van der Waals surface area contributed by atoms with Gasteiger partial charge in [0.2, 0.25) is 0 Å². The van der Waals surface area contributed by atoms with Gasteiger partial charge in [-0.05, 0) is 30.9 Å². The molecule has 4 nitrogen and oxygen atoms in total. The van der Waals surface area contributed by atoms with Crippen LogP contribution in [0.2, 0.25) is 5.15 Å². The Labute approximate surface area is 125 Å². The Kier molecular flexibility index (Phi) is 6.96. The van der Waals surface area contributed by atoms with Crippen LogP contribution in [-0.2, 0) is 6.42 Å². The van der Waals surface area contributed by atoms with Crippen LogP contribution >= 0.6 is 11.6 Å². The average molecular weight is 299 g/mol. The summed E-state index contributed by atoms with van der Waals surface area (Å²) in [5.41, 5.74) is 1.31. The predicted octanol–water partition coefficient (Wildman–Crippen LogP) is 2.82. The summed E-state index contributed by atoms with van der Waals surface area (Å²) in [5, 5.41) is 12.5. The molecule has 20 heavy (non-hydrogen) atoms. The van der Waals surface area contributed by atoms with Gasteiger partial charge in [-0.2, -0.15) is 0 Å². The minimum absolute atomic E-state index is 0.0649. The monoisotopic (exact) mass is 298 g/mol. The third kappa shape index (κ3) is 5.47. The molecule has 2 N–H and O–H groups in total. The molecular formula is C15H23ClN2O2. The van der Waals surface area contributed by atoms with E-state index in [-0.39, 0.29) is 18.6 Å². The Hall–Kier alpha value is -1.13. The van der Waals surface area contributed by atoms with E-state index in [4.69, 9.17) is 11.6 Å². The van der Waals surface area contributed by atoms with Crippen molar-refractivity contribution >= 4 is 17.5 Å². The molecule has 1 atom stereocenters. The lowest BCUT2D eigenvalue weighted by Gasteiger charge is -2.18. The minimum atomic E-state index is -0.232. The molecule has 1 unspecified atom stereocenters. The number of amides is 1. The number of hydrogen-bond acceptors (Lipinski definition) is 3. The van der Waals surface area contributed by atoms with Gasteiger partial charge >= 0.3 is 0 Å². The topological polar surface area (TPSA) is 62.2 Å². The van der Waals surface area contributed by atoms with Crippen LogP contribution in [0.1, 0.15) is 49.7 Å². The van der Waals surface area contributed by atoms with Gasteiger partial charge in [0.05, 0.1) is 12.6 Å². The number of carbonyl (C=O) groups is 1. The molecule has 0 aliphatic rings. The van der Waals surface area contributed by atoms with Crippen molar-refractivity contribution in [3.05, 3.63) is 28.5 Å². The van der Waals surface area contributed by atoms with Crippen molar-refractivity contribution in [1.29, 1.82) is 0 Å². The number of rotatable bonds is 7. The highest BCUT2D eigenvalue weighted by molar-refractivity contribution is 6.29. The third-order valence-corrected chi connectivity index (χ3v) is 3.12. The first-order valence-electron chi connectivity index (χ1n) is 7.04. The van der Waals surface area contributed by atoms with E-state index in [1.807, 2.05) is 6.92 Å². The maximum atomic E-state index is 12.2. The SMILES string of the molecule is CCCc1cc(C(=O)NC(CO)CC(C)C)cc(Cl)n1. The minimum Gasteiger partial charge on any atom is -0.394 e. The molecule has 1 aromatic rings. The normalized spacial score (nSPS) is 12.5. The first-order chi connectivity index (χ1) is 9.46. The fourth-order valence-corrected chi connectivity index (χ4v) is 2.31. The van der Waals surface area contributed by atoms with Crippen LogP contribution in [0, 0.1) is 5.92 Å². The fourth-order valence-electron chi connectivity index (χ4n) is 2.08. The van der Waals surface area contributed by atoms with Crippen molar-refractivity contribution < 1.29 is 9.90 Å². The van der Waals surface area contributed by atoms with E-state index >= 15 is 0 Å². The van der Waals surface area contributed by atoms with Crippen molar-refractivity contribution in [1.82, 2.24) is 10.3 Å². The lowest BCUT2D eigenvalue weighted by atomic mass is 10.0. The zero-order valence-electron chi connectivity index (χ0n) is 12.3. The summed E-state index contributed by atoms with van der Waals surface area (Å²) < 4.78 is 0. The van der Waals surface area contributed by atoms with Crippen LogP contribution in [0.3, 0.4) is 0 Å². The number of carbonyl (C=O) groups excluding carboxylic acids is 1. The van der Waals surface area contributed by atoms with Crippen molar-refractivity contribution in [3.8, 4) is 0 Å². The van der Waals surface area contributed by atoms with Crippen LogP contribution in [0.5, 0.6) is 0 Å². The van der Waals surface area contributed by atoms with Crippen molar-refractivity contribution in [2.24, 2.45) is 5.92 Å². The Balaban J connectivity index is 2.80. The van der Waals surface area contributed by atoms with Crippen LogP contribution in [0.4, 0.5) is 0 Å². The molecule has 1 heterocycles. The van der Waals surface area contributed by atoms with Crippen LogP contribution < -0.4 is 5.32 Å². The van der Waals surface area contributed by atoms with Gasteiger partial charge in [0.25, 0.3) is 5.91 Å². The Morgan fingerprint density at radius 2 is 2.15 bits per heavy atom. The Bertz CT molecular complexity index is 449. The number of hydrogen-bond donors (Lipinski definition) is 2. The van der Waals surface area contributed by atoms with Gasteiger partial charge in [-0.25, -0.2) is 4.98 Å². The molecule has 0 saturated carbocycles. The molecule has 0 fully saturated rings. The van der Waals surface area contributed by atoms with E-state index in [0.717, 1.165) is 25.0 Å². The van der Waals surface area contributed by atoms with Gasteiger partial charge in [0.15, 0.2) is 0 Å². The summed E-state index contributed by atoms with van der Waals surface area (Å²) in [6.07, 6.45) is 2.47. The van der Waals surface area contributed by atoms with Crippen molar-refractivity contribution in [2.75, 3.05) is 6.61 Å². The smallest absolute Gasteiger partial charge is 0.251 e. The number of aromatic nitrogens is 1. The second kappa shape index (κ2) is 8.22. The average Bonchev–Trinajstić information content (AvgIpc) is 2.37. The van der Waals surface area contributed by atoms with Crippen molar-refractivity contribution in [2.45, 2.75) is 46.1 Å². The molecule has 0 radical (unpaired) electrons. The van der Waals surface area contributed by atoms with E-state index in [2.05, 4.69) is 24.1 Å². The summed E-state index contributed by atoms with van der Waals surface area (Å²) in [7, 11) is 0. The number of aryl methyl sites for hydroxylation is 1. The number of halogens is 1. The second-order valence-corrected chi connectivity index (χ2v) is 5.79. The summed E-state index contributed by atoms with van der Waals surface area (Å²) >= 11 is 5.94. The number of pyridine rings is 1. The highest BCUT2D eigenvalue weighted by Crippen LogP contribution is 2.13. The number of nitrogens with one attached hydrogen (secondary N) is 1. The van der Waals surface area contributed by atoms with Gasteiger partial charge < -0.3 is 10.4 Å². The van der Waals surface area contributed by atoms with Crippen LogP contribution in [0.25, 0.3) is 0 Å². The van der Waals surface area contributed by atoms with Gasteiger partial charge in [-0.15, -0.1) is 0 Å². The van der Waals surface area contributed by atoms with E-state index < -0.39 is 0 Å². The molecule has 112 valence electrons. The molecule has 0 bridgehead atoms. The highest BCUT2D eigenvalue weighted by atomic mass is 35.5. The van der Waals surface area contributed by atoms with E-state index in [9.17, 15) is 9.90 Å². The Morgan fingerprint density at radius 3 is 2.70 bits per heavy atom. The molecule has 1 rings (SSSR count). The molecule has 0 aliphatic carbocycles. The number of nitrogens with zero attached hydrogens (tertiary/aromatic N) is 1. The number of aliphatic hydroxyl groups excluding tert-OH is 1. The Morgan fingerprint density at radius 1 is 1.45 bits per heavy atom. The van der Waals surface area contributed by atoms with E-state index in [1.54, 1.807) is 12.1 Å². The molecular weight excluding hydrogens is 276 g/mol.